The molecule has 0 unspecified atom stereocenters. The van der Waals surface area contributed by atoms with Crippen molar-refractivity contribution in [1.29, 1.82) is 0 Å². The average molecular weight is 597 g/mol. The van der Waals surface area contributed by atoms with Crippen molar-refractivity contribution in [1.82, 2.24) is 15.5 Å². The van der Waals surface area contributed by atoms with Crippen molar-refractivity contribution < 1.29 is 24.6 Å². The molecule has 0 saturated heterocycles. The van der Waals surface area contributed by atoms with Gasteiger partial charge in [0, 0.05) is 36.5 Å². The number of nitrogens with one attached hydrogen (secondary N) is 2. The topological polar surface area (TPSA) is 145 Å². The number of aliphatic hydroxyl groups excluding tert-OH is 1. The predicted octanol–water partition coefficient (Wildman–Crippen LogP) is 3.35. The fourth-order valence-electron chi connectivity index (χ4n) is 4.17. The third kappa shape index (κ3) is 12.1. The van der Waals surface area contributed by atoms with Crippen LogP contribution in [-0.4, -0.2) is 77.3 Å². The van der Waals surface area contributed by atoms with Gasteiger partial charge in [-0.15, -0.1) is 11.3 Å². The number of carboxylic acids is 1. The highest BCUT2D eigenvalue weighted by molar-refractivity contribution is 7.09. The van der Waals surface area contributed by atoms with Crippen molar-refractivity contribution in [2.75, 3.05) is 20.6 Å². The Hall–Kier alpha value is -3.57. The number of benzene rings is 2. The van der Waals surface area contributed by atoms with E-state index in [0.717, 1.165) is 27.3 Å². The summed E-state index contributed by atoms with van der Waals surface area (Å²) in [6, 6.07) is 17.1. The highest BCUT2D eigenvalue weighted by Crippen LogP contribution is 2.19. The number of nitrogens with two attached hydrogens (primary N) is 1. The first-order valence-electron chi connectivity index (χ1n) is 13.9. The van der Waals surface area contributed by atoms with E-state index < -0.39 is 24.2 Å². The van der Waals surface area contributed by atoms with Gasteiger partial charge in [-0.25, -0.2) is 4.79 Å². The van der Waals surface area contributed by atoms with Gasteiger partial charge in [0.1, 0.15) is 6.04 Å². The van der Waals surface area contributed by atoms with Crippen molar-refractivity contribution in [3.63, 3.8) is 0 Å². The number of hydrogen-bond acceptors (Lipinski definition) is 7. The van der Waals surface area contributed by atoms with E-state index in [1.807, 2.05) is 49.6 Å². The summed E-state index contributed by atoms with van der Waals surface area (Å²) in [5.41, 5.74) is 6.32. The molecule has 0 aliphatic carbocycles. The van der Waals surface area contributed by atoms with Crippen LogP contribution in [0.2, 0.25) is 0 Å². The van der Waals surface area contributed by atoms with E-state index in [0.29, 0.717) is 19.3 Å². The molecule has 0 saturated carbocycles. The lowest BCUT2D eigenvalue weighted by Crippen LogP contribution is -2.54. The minimum absolute atomic E-state index is 0.144. The van der Waals surface area contributed by atoms with Gasteiger partial charge in [-0.1, -0.05) is 54.6 Å². The van der Waals surface area contributed by atoms with Crippen LogP contribution in [-0.2, 0) is 27.2 Å². The molecule has 2 aromatic carbocycles. The van der Waals surface area contributed by atoms with Crippen molar-refractivity contribution in [2.45, 2.75) is 63.8 Å². The number of nitrogens with zero attached hydrogens (tertiary/aromatic N) is 1. The van der Waals surface area contributed by atoms with Crippen LogP contribution in [0.15, 0.2) is 72.1 Å². The molecule has 0 aliphatic heterocycles. The molecule has 0 aliphatic rings. The van der Waals surface area contributed by atoms with Gasteiger partial charge in [0.25, 0.3) is 0 Å². The lowest BCUT2D eigenvalue weighted by Gasteiger charge is -2.30. The lowest BCUT2D eigenvalue weighted by molar-refractivity contribution is -0.140. The smallest absolute Gasteiger partial charge is 0.327 e. The number of fused-ring (bicyclic) bond motifs is 1. The number of thiophene rings is 1. The first-order chi connectivity index (χ1) is 19.8. The Balaban J connectivity index is 0.000000528. The summed E-state index contributed by atoms with van der Waals surface area (Å²) in [5, 5.41) is 27.9. The summed E-state index contributed by atoms with van der Waals surface area (Å²) in [6.07, 6.45) is 3.54. The summed E-state index contributed by atoms with van der Waals surface area (Å²) in [7, 11) is 3.44. The van der Waals surface area contributed by atoms with Crippen LogP contribution < -0.4 is 16.4 Å². The van der Waals surface area contributed by atoms with E-state index in [-0.39, 0.29) is 23.9 Å². The number of rotatable bonds is 13. The second-order valence-corrected chi connectivity index (χ2v) is 12.0. The Morgan fingerprint density at radius 1 is 1.07 bits per heavy atom. The molecule has 1 heterocycles. The average Bonchev–Trinajstić information content (AvgIpc) is 3.45. The van der Waals surface area contributed by atoms with Gasteiger partial charge in [-0.05, 0) is 68.4 Å². The molecular formula is C32H44N4O5S. The Morgan fingerprint density at radius 3 is 2.33 bits per heavy atom. The molecule has 0 radical (unpaired) electrons. The molecule has 3 aromatic rings. The van der Waals surface area contributed by atoms with Crippen LogP contribution in [0.3, 0.4) is 0 Å². The molecule has 2 amide bonds. The Kier molecular flexibility index (Phi) is 13.8. The summed E-state index contributed by atoms with van der Waals surface area (Å²) in [5.74, 6) is -1.34. The van der Waals surface area contributed by atoms with E-state index >= 15 is 0 Å². The van der Waals surface area contributed by atoms with Crippen LogP contribution in [0.4, 0.5) is 0 Å². The monoisotopic (exact) mass is 596 g/mol. The quantitative estimate of drug-likeness (QED) is 0.190. The van der Waals surface area contributed by atoms with Crippen LogP contribution in [0.1, 0.15) is 37.6 Å². The normalized spacial score (nSPS) is 13.6. The maximum absolute atomic E-state index is 13.4. The Labute approximate surface area is 252 Å². The van der Waals surface area contributed by atoms with E-state index in [4.69, 9.17) is 10.8 Å². The van der Waals surface area contributed by atoms with Gasteiger partial charge in [0.2, 0.25) is 11.8 Å². The molecule has 1 aromatic heterocycles. The molecule has 3 atom stereocenters. The van der Waals surface area contributed by atoms with Gasteiger partial charge < -0.3 is 31.5 Å². The maximum Gasteiger partial charge on any atom is 0.327 e. The minimum Gasteiger partial charge on any atom is -0.478 e. The summed E-state index contributed by atoms with van der Waals surface area (Å²) in [4.78, 5) is 38.8. The summed E-state index contributed by atoms with van der Waals surface area (Å²) < 4.78 is 0. The van der Waals surface area contributed by atoms with Crippen LogP contribution in [0, 0.1) is 0 Å². The molecule has 6 N–H and O–H groups in total. The zero-order chi connectivity index (χ0) is 31.3. The number of amides is 2. The number of hydrogen-bond donors (Lipinski definition) is 5. The molecule has 9 nitrogen and oxygen atoms in total. The molecule has 0 bridgehead atoms. The van der Waals surface area contributed by atoms with Crippen LogP contribution >= 0.6 is 11.3 Å². The molecule has 10 heteroatoms. The number of likely N-dealkylation sites (N-methyl/N-ethyl adjacent to an activating group) is 2. The van der Waals surface area contributed by atoms with Gasteiger partial charge in [-0.3, -0.25) is 9.59 Å². The van der Waals surface area contributed by atoms with E-state index in [2.05, 4.69) is 34.9 Å². The largest absolute Gasteiger partial charge is 0.478 e. The van der Waals surface area contributed by atoms with Crippen molar-refractivity contribution in [2.24, 2.45) is 5.73 Å². The zero-order valence-corrected chi connectivity index (χ0v) is 25.9. The second-order valence-electron chi connectivity index (χ2n) is 11.0. The molecule has 228 valence electrons. The van der Waals surface area contributed by atoms with Gasteiger partial charge >= 0.3 is 5.97 Å². The zero-order valence-electron chi connectivity index (χ0n) is 25.0. The van der Waals surface area contributed by atoms with Gasteiger partial charge in [0.05, 0.1) is 12.1 Å². The maximum atomic E-state index is 13.4. The number of carbonyl (C=O) groups excluding carboxylic acids is 2. The minimum atomic E-state index is -0.927. The van der Waals surface area contributed by atoms with Gasteiger partial charge in [0.15, 0.2) is 0 Å². The standard InChI is InChI=1S/C25H31N3O3S.C7H13NO2/c1-17(29)16-27-24(30)23(15-21-9-6-12-32-21)28(3)25(31)22(26-2)14-18-10-11-19-7-4-5-8-20(19)13-18;1-7(2,8)5-3-4-6(9)10/h4-13,17,22-23,26,29H,14-16H2,1-3H3,(H,27,30);3-4H,5,8H2,1-2H3,(H,9,10)/t17-,22+,23+;/m0./s1. The van der Waals surface area contributed by atoms with Crippen LogP contribution in [0.25, 0.3) is 10.8 Å². The number of aliphatic hydroxyl groups is 1. The number of carbonyl (C=O) groups is 3. The first kappa shape index (κ1) is 34.6. The molecule has 0 spiro atoms. The Bertz CT molecular complexity index is 1320. The SMILES string of the molecule is CC(C)(N)CC=CC(=O)O.CN[C@H](Cc1ccc2ccccc2c1)C(=O)N(C)[C@H](Cc1cccs1)C(=O)NC[C@H](C)O. The first-order valence-corrected chi connectivity index (χ1v) is 14.8. The predicted molar refractivity (Wildman–Crippen MR) is 169 cm³/mol. The van der Waals surface area contributed by atoms with Crippen molar-refractivity contribution in [3.8, 4) is 0 Å². The highest BCUT2D eigenvalue weighted by atomic mass is 32.1. The number of carboxylic acid groups (broad SMARTS) is 1. The third-order valence-corrected chi connectivity index (χ3v) is 7.37. The molecule has 0 fully saturated rings. The second kappa shape index (κ2) is 16.8. The summed E-state index contributed by atoms with van der Waals surface area (Å²) in [6.45, 7) is 5.46. The lowest BCUT2D eigenvalue weighted by atomic mass is 10.00. The van der Waals surface area contributed by atoms with E-state index in [1.54, 1.807) is 38.4 Å². The highest BCUT2D eigenvalue weighted by Gasteiger charge is 2.31. The third-order valence-electron chi connectivity index (χ3n) is 6.47. The van der Waals surface area contributed by atoms with Crippen LogP contribution in [0.5, 0.6) is 0 Å². The molecular weight excluding hydrogens is 552 g/mol. The Morgan fingerprint density at radius 2 is 1.76 bits per heavy atom. The van der Waals surface area contributed by atoms with E-state index in [1.165, 1.54) is 4.90 Å². The van der Waals surface area contributed by atoms with Gasteiger partial charge in [-0.2, -0.15) is 0 Å². The molecule has 42 heavy (non-hydrogen) atoms. The van der Waals surface area contributed by atoms with Crippen molar-refractivity contribution in [3.05, 3.63) is 82.6 Å². The number of aliphatic carboxylic acids is 1. The van der Waals surface area contributed by atoms with E-state index in [9.17, 15) is 19.5 Å². The fourth-order valence-corrected chi connectivity index (χ4v) is 4.91. The molecule has 3 rings (SSSR count). The fraction of sp³-hybridized carbons (Fsp3) is 0.406. The summed E-state index contributed by atoms with van der Waals surface area (Å²) >= 11 is 1.56. The van der Waals surface area contributed by atoms with Crippen molar-refractivity contribution >= 4 is 39.9 Å².